The van der Waals surface area contributed by atoms with Crippen molar-refractivity contribution in [1.82, 2.24) is 0 Å². The maximum atomic E-state index is 12.5. The van der Waals surface area contributed by atoms with Crippen molar-refractivity contribution < 1.29 is 4.79 Å². The van der Waals surface area contributed by atoms with Crippen LogP contribution in [0.5, 0.6) is 0 Å². The Morgan fingerprint density at radius 3 is 2.32 bits per heavy atom. The second-order valence-electron chi connectivity index (χ2n) is 5.41. The zero-order valence-electron chi connectivity index (χ0n) is 14.3. The Balaban J connectivity index is 2.23. The third-order valence-corrected chi connectivity index (χ3v) is 4.54. The fourth-order valence-electron chi connectivity index (χ4n) is 2.46. The molecule has 0 aliphatic carbocycles. The van der Waals surface area contributed by atoms with Crippen molar-refractivity contribution in [3.8, 4) is 6.07 Å². The van der Waals surface area contributed by atoms with Gasteiger partial charge < -0.3 is 10.6 Å². The molecule has 0 radical (unpaired) electrons. The average molecular weight is 398 g/mol. The highest BCUT2D eigenvalue weighted by Crippen LogP contribution is 2.24. The Labute approximate surface area is 156 Å². The molecule has 128 valence electrons. The van der Waals surface area contributed by atoms with Crippen LogP contribution in [0.2, 0.25) is 0 Å². The molecule has 2 aromatic rings. The van der Waals surface area contributed by atoms with E-state index in [0.29, 0.717) is 0 Å². The minimum absolute atomic E-state index is 0.0173. The molecular weight excluding hydrogens is 378 g/mol. The molecule has 0 aliphatic rings. The number of hydrogen-bond donors (Lipinski definition) is 2. The predicted molar refractivity (Wildman–Crippen MR) is 105 cm³/mol. The van der Waals surface area contributed by atoms with Crippen molar-refractivity contribution in [3.05, 3.63) is 69.8 Å². The lowest BCUT2D eigenvalue weighted by Gasteiger charge is -2.14. The number of benzene rings is 2. The molecule has 0 saturated carbocycles. The molecule has 0 atom stereocenters. The van der Waals surface area contributed by atoms with Gasteiger partial charge >= 0.3 is 0 Å². The van der Waals surface area contributed by atoms with Crippen LogP contribution in [0.3, 0.4) is 0 Å². The number of halogens is 1. The molecule has 0 fully saturated rings. The molecule has 0 heterocycles. The van der Waals surface area contributed by atoms with E-state index in [1.165, 1.54) is 6.20 Å². The summed E-state index contributed by atoms with van der Waals surface area (Å²) in [6.07, 6.45) is 3.05. The van der Waals surface area contributed by atoms with Crippen LogP contribution >= 0.6 is 15.9 Å². The van der Waals surface area contributed by atoms with Gasteiger partial charge in [0, 0.05) is 16.4 Å². The summed E-state index contributed by atoms with van der Waals surface area (Å²) in [5, 5.41) is 15.2. The van der Waals surface area contributed by atoms with E-state index >= 15 is 0 Å². The van der Waals surface area contributed by atoms with Gasteiger partial charge in [0.05, 0.1) is 5.69 Å². The van der Waals surface area contributed by atoms with Gasteiger partial charge in [-0.05, 0) is 52.0 Å². The van der Waals surface area contributed by atoms with Crippen molar-refractivity contribution in [2.75, 3.05) is 10.6 Å². The van der Waals surface area contributed by atoms with Crippen molar-refractivity contribution in [1.29, 1.82) is 5.26 Å². The molecule has 2 aromatic carbocycles. The largest absolute Gasteiger partial charge is 0.359 e. The van der Waals surface area contributed by atoms with Crippen LogP contribution in [-0.4, -0.2) is 5.91 Å². The van der Waals surface area contributed by atoms with Crippen LogP contribution in [0.4, 0.5) is 11.4 Å². The Bertz CT molecular complexity index is 815. The first kappa shape index (κ1) is 18.8. The quantitative estimate of drug-likeness (QED) is 0.530. The van der Waals surface area contributed by atoms with Crippen LogP contribution in [0.25, 0.3) is 0 Å². The Morgan fingerprint density at radius 1 is 1.12 bits per heavy atom. The topological polar surface area (TPSA) is 64.9 Å². The molecule has 1 amide bonds. The van der Waals surface area contributed by atoms with Gasteiger partial charge in [0.25, 0.3) is 5.91 Å². The molecule has 0 aromatic heterocycles. The molecule has 25 heavy (non-hydrogen) atoms. The molecular formula is C20H20BrN3O. The fraction of sp³-hybridized carbons (Fsp3) is 0.200. The molecule has 2 rings (SSSR count). The summed E-state index contributed by atoms with van der Waals surface area (Å²) in [6.45, 7) is 4.08. The first-order valence-corrected chi connectivity index (χ1v) is 8.93. The number of para-hydroxylation sites is 2. The minimum Gasteiger partial charge on any atom is -0.359 e. The fourth-order valence-corrected chi connectivity index (χ4v) is 2.86. The Morgan fingerprint density at radius 2 is 1.76 bits per heavy atom. The van der Waals surface area contributed by atoms with E-state index in [0.717, 1.165) is 39.8 Å². The van der Waals surface area contributed by atoms with Crippen LogP contribution in [0.1, 0.15) is 25.0 Å². The number of nitrogens with one attached hydrogen (secondary N) is 2. The number of carbonyl (C=O) groups excluding carboxylic acids is 1. The molecule has 0 saturated heterocycles. The zero-order valence-corrected chi connectivity index (χ0v) is 15.9. The zero-order chi connectivity index (χ0) is 18.2. The number of anilines is 2. The van der Waals surface area contributed by atoms with Crippen LogP contribution in [0, 0.1) is 11.3 Å². The lowest BCUT2D eigenvalue weighted by Crippen LogP contribution is -2.17. The second kappa shape index (κ2) is 9.05. The summed E-state index contributed by atoms with van der Waals surface area (Å²) < 4.78 is 0.855. The highest BCUT2D eigenvalue weighted by molar-refractivity contribution is 9.10. The summed E-state index contributed by atoms with van der Waals surface area (Å²) in [7, 11) is 0. The third kappa shape index (κ3) is 4.71. The van der Waals surface area contributed by atoms with Crippen molar-refractivity contribution in [2.24, 2.45) is 0 Å². The van der Waals surface area contributed by atoms with E-state index < -0.39 is 5.91 Å². The van der Waals surface area contributed by atoms with Gasteiger partial charge in [-0.3, -0.25) is 4.79 Å². The van der Waals surface area contributed by atoms with E-state index in [9.17, 15) is 10.1 Å². The summed E-state index contributed by atoms with van der Waals surface area (Å²) in [5.41, 5.74) is 3.72. The number of aryl methyl sites for hydroxylation is 2. The van der Waals surface area contributed by atoms with E-state index in [4.69, 9.17) is 0 Å². The normalized spacial score (nSPS) is 10.9. The number of nitrogens with zero attached hydrogens (tertiary/aromatic N) is 1. The van der Waals surface area contributed by atoms with E-state index in [2.05, 4.69) is 26.6 Å². The first-order chi connectivity index (χ1) is 12.1. The number of amides is 1. The number of carbonyl (C=O) groups is 1. The molecule has 0 spiro atoms. The smallest absolute Gasteiger partial charge is 0.267 e. The first-order valence-electron chi connectivity index (χ1n) is 8.14. The highest BCUT2D eigenvalue weighted by atomic mass is 79.9. The van der Waals surface area contributed by atoms with Gasteiger partial charge in [-0.2, -0.15) is 5.26 Å². The average Bonchev–Trinajstić information content (AvgIpc) is 2.63. The van der Waals surface area contributed by atoms with Crippen molar-refractivity contribution in [3.63, 3.8) is 0 Å². The van der Waals surface area contributed by atoms with Gasteiger partial charge in [-0.1, -0.05) is 44.2 Å². The Kier molecular flexibility index (Phi) is 6.79. The van der Waals surface area contributed by atoms with Gasteiger partial charge in [0.2, 0.25) is 0 Å². The molecule has 5 heteroatoms. The third-order valence-electron chi connectivity index (χ3n) is 3.85. The lowest BCUT2D eigenvalue weighted by molar-refractivity contribution is -0.112. The maximum absolute atomic E-state index is 12.5. The SMILES string of the molecule is CCc1cccc(CC)c1NC(=O)/C(C#N)=C\Nc1ccccc1Br. The van der Waals surface area contributed by atoms with Crippen molar-refractivity contribution >= 4 is 33.2 Å². The molecule has 2 N–H and O–H groups in total. The van der Waals surface area contributed by atoms with Gasteiger partial charge in [-0.15, -0.1) is 0 Å². The molecule has 0 unspecified atom stereocenters. The van der Waals surface area contributed by atoms with E-state index in [1.54, 1.807) is 0 Å². The highest BCUT2D eigenvalue weighted by Gasteiger charge is 2.14. The number of nitriles is 1. The van der Waals surface area contributed by atoms with Gasteiger partial charge in [0.15, 0.2) is 0 Å². The second-order valence-corrected chi connectivity index (χ2v) is 6.26. The summed E-state index contributed by atoms with van der Waals surface area (Å²) in [5.74, 6) is -0.419. The van der Waals surface area contributed by atoms with E-state index in [1.807, 2.05) is 62.4 Å². The summed E-state index contributed by atoms with van der Waals surface area (Å²) in [4.78, 5) is 12.5. The number of rotatable bonds is 6. The lowest BCUT2D eigenvalue weighted by atomic mass is 10.0. The standard InChI is InChI=1S/C20H20BrN3O/c1-3-14-8-7-9-15(4-2)19(14)24-20(25)16(12-22)13-23-18-11-6-5-10-17(18)21/h5-11,13,23H,3-4H2,1-2H3,(H,24,25)/b16-13-. The Hall–Kier alpha value is -2.58. The number of hydrogen-bond acceptors (Lipinski definition) is 3. The maximum Gasteiger partial charge on any atom is 0.267 e. The molecule has 4 nitrogen and oxygen atoms in total. The predicted octanol–water partition coefficient (Wildman–Crippen LogP) is 5.03. The minimum atomic E-state index is -0.419. The van der Waals surface area contributed by atoms with Crippen LogP contribution < -0.4 is 10.6 Å². The van der Waals surface area contributed by atoms with Crippen molar-refractivity contribution in [2.45, 2.75) is 26.7 Å². The van der Waals surface area contributed by atoms with Crippen LogP contribution in [-0.2, 0) is 17.6 Å². The molecule has 0 bridgehead atoms. The summed E-state index contributed by atoms with van der Waals surface area (Å²) >= 11 is 3.42. The van der Waals surface area contributed by atoms with E-state index in [-0.39, 0.29) is 5.57 Å². The van der Waals surface area contributed by atoms with Gasteiger partial charge in [-0.25, -0.2) is 0 Å². The summed E-state index contributed by atoms with van der Waals surface area (Å²) in [6, 6.07) is 15.4. The monoisotopic (exact) mass is 397 g/mol. The van der Waals surface area contributed by atoms with Crippen LogP contribution in [0.15, 0.2) is 58.7 Å². The molecule has 0 aliphatic heterocycles. The van der Waals surface area contributed by atoms with Gasteiger partial charge in [0.1, 0.15) is 11.6 Å².